The van der Waals surface area contributed by atoms with Gasteiger partial charge in [0.1, 0.15) is 5.75 Å². The van der Waals surface area contributed by atoms with Crippen LogP contribution < -0.4 is 4.74 Å². The molecule has 0 amide bonds. The molecule has 0 aliphatic heterocycles. The fourth-order valence-corrected chi connectivity index (χ4v) is 1.86. The summed E-state index contributed by atoms with van der Waals surface area (Å²) in [5.74, 6) is 1.78. The van der Waals surface area contributed by atoms with Crippen molar-refractivity contribution in [3.05, 3.63) is 36.4 Å². The molecule has 0 fully saturated rings. The molecule has 0 N–H and O–H groups in total. The van der Waals surface area contributed by atoms with E-state index in [1.807, 2.05) is 19.1 Å². The first kappa shape index (κ1) is 14.8. The van der Waals surface area contributed by atoms with Gasteiger partial charge in [-0.25, -0.2) is 0 Å². The molecule has 0 saturated heterocycles. The molecule has 0 spiro atoms. The van der Waals surface area contributed by atoms with Crippen LogP contribution in [-0.4, -0.2) is 6.61 Å². The highest BCUT2D eigenvalue weighted by Crippen LogP contribution is 2.17. The van der Waals surface area contributed by atoms with Crippen LogP contribution in [0.25, 0.3) is 5.57 Å². The number of ether oxygens (including phenoxy) is 1. The molecule has 18 heavy (non-hydrogen) atoms. The lowest BCUT2D eigenvalue weighted by atomic mass is 10.1. The summed E-state index contributed by atoms with van der Waals surface area (Å²) >= 11 is 0. The Bertz CT molecular complexity index is 348. The summed E-state index contributed by atoms with van der Waals surface area (Å²) < 4.78 is 5.72. The lowest BCUT2D eigenvalue weighted by Gasteiger charge is -2.08. The molecule has 0 aliphatic carbocycles. The van der Waals surface area contributed by atoms with Gasteiger partial charge in [-0.1, -0.05) is 57.4 Å². The molecule has 0 aromatic heterocycles. The van der Waals surface area contributed by atoms with E-state index in [0.717, 1.165) is 30.3 Å². The lowest BCUT2D eigenvalue weighted by molar-refractivity contribution is 0.303. The van der Waals surface area contributed by atoms with Crippen LogP contribution in [0.2, 0.25) is 0 Å². The lowest BCUT2D eigenvalue weighted by Crippen LogP contribution is -1.98. The van der Waals surface area contributed by atoms with Crippen LogP contribution in [0.1, 0.15) is 52.0 Å². The van der Waals surface area contributed by atoms with Crippen molar-refractivity contribution in [3.8, 4) is 5.75 Å². The van der Waals surface area contributed by atoms with Gasteiger partial charge in [-0.3, -0.25) is 0 Å². The molecule has 1 aromatic rings. The second-order valence-corrected chi connectivity index (χ2v) is 5.40. The van der Waals surface area contributed by atoms with E-state index in [4.69, 9.17) is 4.74 Å². The van der Waals surface area contributed by atoms with E-state index in [9.17, 15) is 0 Å². The molecule has 1 rings (SSSR count). The van der Waals surface area contributed by atoms with Gasteiger partial charge in [0.15, 0.2) is 0 Å². The third kappa shape index (κ3) is 5.90. The SMILES string of the molecule is C=C(C)c1ccc(OCCCCCC(C)C)cc1. The minimum Gasteiger partial charge on any atom is -0.494 e. The molecule has 1 heteroatoms. The van der Waals surface area contributed by atoms with Crippen LogP contribution in [0.3, 0.4) is 0 Å². The Morgan fingerprint density at radius 2 is 1.78 bits per heavy atom. The van der Waals surface area contributed by atoms with Crippen molar-refractivity contribution in [3.63, 3.8) is 0 Å². The summed E-state index contributed by atoms with van der Waals surface area (Å²) in [6, 6.07) is 8.18. The number of hydrogen-bond donors (Lipinski definition) is 0. The summed E-state index contributed by atoms with van der Waals surface area (Å²) in [5, 5.41) is 0. The van der Waals surface area contributed by atoms with Crippen molar-refractivity contribution in [1.82, 2.24) is 0 Å². The summed E-state index contributed by atoms with van der Waals surface area (Å²) in [7, 11) is 0. The zero-order valence-corrected chi connectivity index (χ0v) is 12.0. The second kappa shape index (κ2) is 7.97. The third-order valence-corrected chi connectivity index (χ3v) is 3.04. The number of benzene rings is 1. The molecule has 0 bridgehead atoms. The number of rotatable bonds is 8. The van der Waals surface area contributed by atoms with Crippen LogP contribution >= 0.6 is 0 Å². The van der Waals surface area contributed by atoms with Gasteiger partial charge in [0.25, 0.3) is 0 Å². The molecule has 0 saturated carbocycles. The van der Waals surface area contributed by atoms with E-state index in [-0.39, 0.29) is 0 Å². The van der Waals surface area contributed by atoms with E-state index in [2.05, 4.69) is 32.6 Å². The molecule has 0 aliphatic rings. The molecule has 0 atom stereocenters. The van der Waals surface area contributed by atoms with Gasteiger partial charge < -0.3 is 4.74 Å². The molecule has 0 unspecified atom stereocenters. The van der Waals surface area contributed by atoms with Gasteiger partial charge in [0.2, 0.25) is 0 Å². The molecular formula is C17H26O. The average molecular weight is 246 g/mol. The Balaban J connectivity index is 2.17. The molecular weight excluding hydrogens is 220 g/mol. The molecule has 100 valence electrons. The predicted molar refractivity (Wildman–Crippen MR) is 80.0 cm³/mol. The van der Waals surface area contributed by atoms with E-state index >= 15 is 0 Å². The second-order valence-electron chi connectivity index (χ2n) is 5.40. The van der Waals surface area contributed by atoms with Crippen LogP contribution in [0.5, 0.6) is 5.75 Å². The van der Waals surface area contributed by atoms with Gasteiger partial charge in [-0.15, -0.1) is 0 Å². The maximum atomic E-state index is 5.72. The van der Waals surface area contributed by atoms with Crippen molar-refractivity contribution in [2.75, 3.05) is 6.61 Å². The zero-order valence-electron chi connectivity index (χ0n) is 12.0. The normalized spacial score (nSPS) is 10.7. The van der Waals surface area contributed by atoms with Crippen LogP contribution in [0.15, 0.2) is 30.8 Å². The fraction of sp³-hybridized carbons (Fsp3) is 0.529. The summed E-state index contributed by atoms with van der Waals surface area (Å²) in [5.41, 5.74) is 2.27. The maximum absolute atomic E-state index is 5.72. The van der Waals surface area contributed by atoms with Gasteiger partial charge in [-0.2, -0.15) is 0 Å². The van der Waals surface area contributed by atoms with Gasteiger partial charge in [-0.05, 0) is 37.0 Å². The Morgan fingerprint density at radius 1 is 1.11 bits per heavy atom. The average Bonchev–Trinajstić information content (AvgIpc) is 2.34. The van der Waals surface area contributed by atoms with Crippen molar-refractivity contribution in [1.29, 1.82) is 0 Å². The summed E-state index contributed by atoms with van der Waals surface area (Å²) in [6.07, 6.45) is 5.06. The molecule has 1 nitrogen and oxygen atoms in total. The van der Waals surface area contributed by atoms with Crippen LogP contribution in [0.4, 0.5) is 0 Å². The highest BCUT2D eigenvalue weighted by molar-refractivity contribution is 5.61. The Labute approximate surface area is 112 Å². The molecule has 0 heterocycles. The van der Waals surface area contributed by atoms with Crippen molar-refractivity contribution < 1.29 is 4.74 Å². The Morgan fingerprint density at radius 3 is 2.33 bits per heavy atom. The molecule has 0 radical (unpaired) electrons. The molecule has 1 aromatic carbocycles. The van der Waals surface area contributed by atoms with Gasteiger partial charge in [0.05, 0.1) is 6.61 Å². The monoisotopic (exact) mass is 246 g/mol. The highest BCUT2D eigenvalue weighted by Gasteiger charge is 1.97. The van der Waals surface area contributed by atoms with E-state index in [1.165, 1.54) is 24.8 Å². The first-order valence-electron chi connectivity index (χ1n) is 6.98. The fourth-order valence-electron chi connectivity index (χ4n) is 1.86. The van der Waals surface area contributed by atoms with E-state index in [1.54, 1.807) is 0 Å². The summed E-state index contributed by atoms with van der Waals surface area (Å²) in [4.78, 5) is 0. The Kier molecular flexibility index (Phi) is 6.56. The minimum absolute atomic E-state index is 0.820. The largest absolute Gasteiger partial charge is 0.494 e. The smallest absolute Gasteiger partial charge is 0.119 e. The van der Waals surface area contributed by atoms with Crippen molar-refractivity contribution in [2.45, 2.75) is 46.5 Å². The van der Waals surface area contributed by atoms with Crippen LogP contribution in [0, 0.1) is 5.92 Å². The van der Waals surface area contributed by atoms with Crippen molar-refractivity contribution in [2.24, 2.45) is 5.92 Å². The van der Waals surface area contributed by atoms with Crippen molar-refractivity contribution >= 4 is 5.57 Å². The van der Waals surface area contributed by atoms with E-state index < -0.39 is 0 Å². The highest BCUT2D eigenvalue weighted by atomic mass is 16.5. The summed E-state index contributed by atoms with van der Waals surface area (Å²) in [6.45, 7) is 11.3. The quantitative estimate of drug-likeness (QED) is 0.564. The topological polar surface area (TPSA) is 9.23 Å². The van der Waals surface area contributed by atoms with Gasteiger partial charge >= 0.3 is 0 Å². The third-order valence-electron chi connectivity index (χ3n) is 3.04. The number of allylic oxidation sites excluding steroid dienone is 1. The number of unbranched alkanes of at least 4 members (excludes halogenated alkanes) is 2. The maximum Gasteiger partial charge on any atom is 0.119 e. The van der Waals surface area contributed by atoms with Crippen LogP contribution in [-0.2, 0) is 0 Å². The standard InChI is InChI=1S/C17H26O/c1-14(2)8-6-5-7-13-18-17-11-9-16(10-12-17)15(3)4/h9-12,14H,3,5-8,13H2,1-2,4H3. The zero-order chi connectivity index (χ0) is 13.4. The van der Waals surface area contributed by atoms with Gasteiger partial charge in [0, 0.05) is 0 Å². The minimum atomic E-state index is 0.820. The predicted octanol–water partition coefficient (Wildman–Crippen LogP) is 5.31. The van der Waals surface area contributed by atoms with E-state index in [0.29, 0.717) is 0 Å². The Hall–Kier alpha value is -1.24. The first-order chi connectivity index (χ1) is 8.59. The first-order valence-corrected chi connectivity index (χ1v) is 6.98. The number of hydrogen-bond acceptors (Lipinski definition) is 1.